The Hall–Kier alpha value is 0.269. The summed E-state index contributed by atoms with van der Waals surface area (Å²) in [5, 5.41) is 9.50. The molecule has 1 N–H and O–H groups in total. The van der Waals surface area contributed by atoms with Gasteiger partial charge in [0, 0.05) is 0 Å². The van der Waals surface area contributed by atoms with Crippen LogP contribution in [0.4, 0.5) is 0 Å². The Kier molecular flexibility index (Phi) is 13.1. The fourth-order valence-electron chi connectivity index (χ4n) is 2.24. The Balaban J connectivity index is 0. The molecule has 0 aliphatic heterocycles. The van der Waals surface area contributed by atoms with Gasteiger partial charge in [0.1, 0.15) is 0 Å². The van der Waals surface area contributed by atoms with Crippen LogP contribution in [0.2, 0.25) is 0 Å². The Morgan fingerprint density at radius 3 is 1.35 bits per heavy atom. The number of hydrogen-bond acceptors (Lipinski definition) is 1. The van der Waals surface area contributed by atoms with Gasteiger partial charge in [-0.05, 0) is 19.3 Å². The van der Waals surface area contributed by atoms with Crippen molar-refractivity contribution in [2.75, 3.05) is 0 Å². The molecule has 0 radical (unpaired) electrons. The molecule has 0 saturated heterocycles. The third-order valence-electron chi connectivity index (χ3n) is 3.48. The van der Waals surface area contributed by atoms with E-state index in [-0.39, 0.29) is 23.9 Å². The van der Waals surface area contributed by atoms with Crippen LogP contribution in [0.3, 0.4) is 0 Å². The van der Waals surface area contributed by atoms with Gasteiger partial charge in [-0.15, -0.1) is 0 Å². The summed E-state index contributed by atoms with van der Waals surface area (Å²) in [6.45, 7) is 6.39. The maximum atomic E-state index is 11.5. The van der Waals surface area contributed by atoms with Crippen molar-refractivity contribution in [3.8, 4) is 0 Å². The first-order chi connectivity index (χ1) is 7.63. The first-order valence-corrected chi connectivity index (χ1v) is 6.86. The zero-order valence-electron chi connectivity index (χ0n) is 11.2. The third kappa shape index (κ3) is 7.32. The molecule has 0 rings (SSSR count). The summed E-state index contributed by atoms with van der Waals surface area (Å²) >= 11 is 0. The van der Waals surface area contributed by atoms with Gasteiger partial charge in [0.25, 0.3) is 0 Å². The number of rotatable bonds is 10. The fraction of sp³-hybridized carbons (Fsp3) is 0.929. The second-order valence-corrected chi connectivity index (χ2v) is 4.90. The van der Waals surface area contributed by atoms with E-state index < -0.39 is 11.4 Å². The molecular formula is C14H32O2Sn. The van der Waals surface area contributed by atoms with E-state index in [0.717, 1.165) is 57.8 Å². The van der Waals surface area contributed by atoms with Crippen LogP contribution >= 0.6 is 0 Å². The van der Waals surface area contributed by atoms with Crippen LogP contribution in [0.25, 0.3) is 0 Å². The Morgan fingerprint density at radius 2 is 1.18 bits per heavy atom. The molecule has 3 heteroatoms. The van der Waals surface area contributed by atoms with Crippen LogP contribution < -0.4 is 0 Å². The van der Waals surface area contributed by atoms with Crippen LogP contribution in [-0.2, 0) is 4.79 Å². The van der Waals surface area contributed by atoms with E-state index >= 15 is 0 Å². The predicted octanol–water partition coefficient (Wildman–Crippen LogP) is 3.18. The molecule has 0 fully saturated rings. The molecular weight excluding hydrogens is 319 g/mol. The molecule has 0 saturated carbocycles. The van der Waals surface area contributed by atoms with Gasteiger partial charge in [0.2, 0.25) is 0 Å². The van der Waals surface area contributed by atoms with Crippen LogP contribution in [0.1, 0.15) is 78.6 Å². The molecule has 0 aliphatic rings. The molecule has 104 valence electrons. The van der Waals surface area contributed by atoms with E-state index in [1.165, 1.54) is 0 Å². The van der Waals surface area contributed by atoms with Crippen molar-refractivity contribution in [2.24, 2.45) is 5.41 Å². The Labute approximate surface area is 124 Å². The van der Waals surface area contributed by atoms with Crippen molar-refractivity contribution in [2.45, 2.75) is 78.6 Å². The number of unbranched alkanes of at least 4 members (excludes halogenated alkanes) is 3. The fourth-order valence-corrected chi connectivity index (χ4v) is 2.24. The summed E-state index contributed by atoms with van der Waals surface area (Å²) in [4.78, 5) is 11.5. The van der Waals surface area contributed by atoms with E-state index in [2.05, 4.69) is 20.8 Å². The molecule has 0 aromatic rings. The molecule has 0 atom stereocenters. The van der Waals surface area contributed by atoms with Gasteiger partial charge in [-0.1, -0.05) is 59.3 Å². The van der Waals surface area contributed by atoms with Gasteiger partial charge in [-0.3, -0.25) is 4.79 Å². The molecule has 17 heavy (non-hydrogen) atoms. The number of carbonyl (C=O) groups is 1. The first-order valence-electron chi connectivity index (χ1n) is 6.86. The summed E-state index contributed by atoms with van der Waals surface area (Å²) in [6.07, 6.45) is 8.98. The first kappa shape index (κ1) is 19.6. The van der Waals surface area contributed by atoms with E-state index in [9.17, 15) is 9.90 Å². The van der Waals surface area contributed by atoms with E-state index in [1.54, 1.807) is 0 Å². The molecule has 0 aliphatic carbocycles. The van der Waals surface area contributed by atoms with Gasteiger partial charge in [0.05, 0.1) is 5.41 Å². The second kappa shape index (κ2) is 11.4. The minimum absolute atomic E-state index is 0. The van der Waals surface area contributed by atoms with Gasteiger partial charge < -0.3 is 5.11 Å². The predicted molar refractivity (Wildman–Crippen MR) is 80.0 cm³/mol. The monoisotopic (exact) mass is 352 g/mol. The summed E-state index contributed by atoms with van der Waals surface area (Å²) in [5.41, 5.74) is -0.429. The maximum absolute atomic E-state index is 11.5. The van der Waals surface area contributed by atoms with Crippen molar-refractivity contribution >= 4 is 29.9 Å². The summed E-state index contributed by atoms with van der Waals surface area (Å²) in [6, 6.07) is 0. The zero-order valence-corrected chi connectivity index (χ0v) is 11.2. The van der Waals surface area contributed by atoms with Crippen LogP contribution in [0.15, 0.2) is 0 Å². The standard InChI is InChI=1S/C14H28O2.Sn.4H/c1-4-7-10-14(13(15)16,11-8-5-2)12-9-6-3;;;;;/h4-12H2,1-3H3,(H,15,16);;;;;. The van der Waals surface area contributed by atoms with Crippen molar-refractivity contribution in [1.82, 2.24) is 0 Å². The molecule has 0 aromatic carbocycles. The van der Waals surface area contributed by atoms with Crippen LogP contribution in [-0.4, -0.2) is 35.0 Å². The number of carboxylic acids is 1. The molecule has 0 amide bonds. The Morgan fingerprint density at radius 1 is 0.882 bits per heavy atom. The molecule has 0 bridgehead atoms. The normalized spacial score (nSPS) is 11.0. The molecule has 2 nitrogen and oxygen atoms in total. The SMILES string of the molecule is CCCCC(CCCC)(CCCC)C(=O)O.[SnH4]. The number of hydrogen-bond donors (Lipinski definition) is 1. The topological polar surface area (TPSA) is 37.3 Å². The molecule has 0 aromatic heterocycles. The Bertz CT molecular complexity index is 171. The van der Waals surface area contributed by atoms with Crippen molar-refractivity contribution in [3.05, 3.63) is 0 Å². The zero-order chi connectivity index (χ0) is 12.4. The number of aliphatic carboxylic acids is 1. The van der Waals surface area contributed by atoms with E-state index in [1.807, 2.05) is 0 Å². The molecule has 0 heterocycles. The average Bonchev–Trinajstić information content (AvgIpc) is 2.28. The minimum atomic E-state index is -0.567. The van der Waals surface area contributed by atoms with E-state index in [4.69, 9.17) is 0 Å². The quantitative estimate of drug-likeness (QED) is 0.614. The van der Waals surface area contributed by atoms with Crippen molar-refractivity contribution < 1.29 is 9.90 Å². The van der Waals surface area contributed by atoms with Crippen LogP contribution in [0.5, 0.6) is 0 Å². The van der Waals surface area contributed by atoms with E-state index in [0.29, 0.717) is 0 Å². The average molecular weight is 351 g/mol. The van der Waals surface area contributed by atoms with Crippen molar-refractivity contribution in [1.29, 1.82) is 0 Å². The van der Waals surface area contributed by atoms with Gasteiger partial charge in [-0.25, -0.2) is 0 Å². The van der Waals surface area contributed by atoms with Crippen LogP contribution in [0, 0.1) is 5.41 Å². The summed E-state index contributed by atoms with van der Waals surface area (Å²) in [5.74, 6) is -0.567. The van der Waals surface area contributed by atoms with Gasteiger partial charge in [-0.2, -0.15) is 0 Å². The number of carboxylic acid groups (broad SMARTS) is 1. The summed E-state index contributed by atoms with van der Waals surface area (Å²) < 4.78 is 0. The van der Waals surface area contributed by atoms with Gasteiger partial charge >= 0.3 is 29.9 Å². The molecule has 0 unspecified atom stereocenters. The third-order valence-corrected chi connectivity index (χ3v) is 3.48. The van der Waals surface area contributed by atoms with Crippen molar-refractivity contribution in [3.63, 3.8) is 0 Å². The second-order valence-electron chi connectivity index (χ2n) is 4.90. The van der Waals surface area contributed by atoms with Gasteiger partial charge in [0.15, 0.2) is 0 Å². The molecule has 0 spiro atoms. The summed E-state index contributed by atoms with van der Waals surface area (Å²) in [7, 11) is 0.